The van der Waals surface area contributed by atoms with Gasteiger partial charge in [0.1, 0.15) is 0 Å². The van der Waals surface area contributed by atoms with E-state index in [-0.39, 0.29) is 17.9 Å². The molecular formula is C18H31N3O2. The van der Waals surface area contributed by atoms with Gasteiger partial charge in [-0.05, 0) is 56.9 Å². The second-order valence-electron chi connectivity index (χ2n) is 7.06. The van der Waals surface area contributed by atoms with Crippen molar-refractivity contribution < 1.29 is 9.90 Å². The number of aryl methyl sites for hydroxylation is 2. The van der Waals surface area contributed by atoms with Crippen molar-refractivity contribution in [3.63, 3.8) is 0 Å². The predicted octanol–water partition coefficient (Wildman–Crippen LogP) is 2.97. The lowest BCUT2D eigenvalue weighted by Crippen LogP contribution is -2.28. The van der Waals surface area contributed by atoms with Crippen molar-refractivity contribution in [1.82, 2.24) is 15.5 Å². The average molecular weight is 321 g/mol. The normalized spacial score (nSPS) is 22.8. The van der Waals surface area contributed by atoms with Gasteiger partial charge in [0.2, 0.25) is 5.91 Å². The minimum atomic E-state index is -0.133. The molecule has 0 radical (unpaired) electrons. The van der Waals surface area contributed by atoms with Crippen LogP contribution in [-0.4, -0.2) is 33.9 Å². The van der Waals surface area contributed by atoms with Crippen molar-refractivity contribution in [3.05, 3.63) is 17.0 Å². The molecule has 130 valence electrons. The maximum absolute atomic E-state index is 12.1. The van der Waals surface area contributed by atoms with E-state index in [1.165, 1.54) is 6.42 Å². The van der Waals surface area contributed by atoms with Gasteiger partial charge in [-0.3, -0.25) is 9.89 Å². The van der Waals surface area contributed by atoms with Crippen molar-refractivity contribution in [1.29, 1.82) is 0 Å². The number of nitrogens with one attached hydrogen (secondary N) is 2. The molecule has 0 spiro atoms. The molecule has 1 aliphatic rings. The highest BCUT2D eigenvalue weighted by atomic mass is 16.3. The molecule has 3 N–H and O–H groups in total. The maximum atomic E-state index is 12.1. The Morgan fingerprint density at radius 3 is 2.78 bits per heavy atom. The Bertz CT molecular complexity index is 493. The van der Waals surface area contributed by atoms with Crippen molar-refractivity contribution in [2.24, 2.45) is 5.92 Å². The first-order valence-corrected chi connectivity index (χ1v) is 8.95. The number of nitrogens with zero attached hydrogens (tertiary/aromatic N) is 1. The van der Waals surface area contributed by atoms with Gasteiger partial charge in [0.05, 0.1) is 11.8 Å². The van der Waals surface area contributed by atoms with Gasteiger partial charge in [-0.1, -0.05) is 19.8 Å². The fourth-order valence-electron chi connectivity index (χ4n) is 3.85. The Morgan fingerprint density at radius 2 is 2.13 bits per heavy atom. The summed E-state index contributed by atoms with van der Waals surface area (Å²) in [4.78, 5) is 12.1. The first-order chi connectivity index (χ1) is 11.0. The molecule has 1 aromatic rings. The summed E-state index contributed by atoms with van der Waals surface area (Å²) in [7, 11) is 0. The van der Waals surface area contributed by atoms with Crippen LogP contribution in [-0.2, 0) is 4.79 Å². The van der Waals surface area contributed by atoms with Gasteiger partial charge in [0, 0.05) is 18.7 Å². The SMILES string of the molecule is Cc1n[nH]c(C)c1C(C)CC(=O)NCCCC1CCCCC1O. The number of carbonyl (C=O) groups excluding carboxylic acids is 1. The third kappa shape index (κ3) is 5.06. The molecule has 1 saturated carbocycles. The number of hydrogen-bond acceptors (Lipinski definition) is 3. The van der Waals surface area contributed by atoms with Crippen LogP contribution < -0.4 is 5.32 Å². The topological polar surface area (TPSA) is 78.0 Å². The summed E-state index contributed by atoms with van der Waals surface area (Å²) >= 11 is 0. The number of H-pyrrole nitrogens is 1. The van der Waals surface area contributed by atoms with E-state index in [0.29, 0.717) is 18.9 Å². The first-order valence-electron chi connectivity index (χ1n) is 8.95. The van der Waals surface area contributed by atoms with Gasteiger partial charge < -0.3 is 10.4 Å². The zero-order valence-corrected chi connectivity index (χ0v) is 14.7. The first kappa shape index (κ1) is 18.0. The summed E-state index contributed by atoms with van der Waals surface area (Å²) in [5.74, 6) is 0.700. The lowest BCUT2D eigenvalue weighted by molar-refractivity contribution is -0.121. The molecule has 5 heteroatoms. The van der Waals surface area contributed by atoms with E-state index in [1.54, 1.807) is 0 Å². The van der Waals surface area contributed by atoms with Crippen LogP contribution in [0.4, 0.5) is 0 Å². The van der Waals surface area contributed by atoms with Gasteiger partial charge >= 0.3 is 0 Å². The zero-order valence-electron chi connectivity index (χ0n) is 14.7. The molecule has 23 heavy (non-hydrogen) atoms. The summed E-state index contributed by atoms with van der Waals surface area (Å²) < 4.78 is 0. The van der Waals surface area contributed by atoms with E-state index in [4.69, 9.17) is 0 Å². The maximum Gasteiger partial charge on any atom is 0.220 e. The molecule has 0 saturated heterocycles. The monoisotopic (exact) mass is 321 g/mol. The van der Waals surface area contributed by atoms with E-state index in [2.05, 4.69) is 22.4 Å². The zero-order chi connectivity index (χ0) is 16.8. The van der Waals surface area contributed by atoms with E-state index < -0.39 is 0 Å². The van der Waals surface area contributed by atoms with E-state index >= 15 is 0 Å². The van der Waals surface area contributed by atoms with E-state index in [1.807, 2.05) is 13.8 Å². The minimum absolute atomic E-state index is 0.0988. The van der Waals surface area contributed by atoms with E-state index in [0.717, 1.165) is 49.1 Å². The quantitative estimate of drug-likeness (QED) is 0.676. The number of aliphatic hydroxyl groups is 1. The van der Waals surface area contributed by atoms with Crippen LogP contribution in [0.25, 0.3) is 0 Å². The largest absolute Gasteiger partial charge is 0.393 e. The lowest BCUT2D eigenvalue weighted by Gasteiger charge is -2.27. The van der Waals surface area contributed by atoms with Gasteiger partial charge in [0.15, 0.2) is 0 Å². The van der Waals surface area contributed by atoms with Crippen molar-refractivity contribution >= 4 is 5.91 Å². The highest BCUT2D eigenvalue weighted by Crippen LogP contribution is 2.28. The summed E-state index contributed by atoms with van der Waals surface area (Å²) in [6, 6.07) is 0. The van der Waals surface area contributed by atoms with E-state index in [9.17, 15) is 9.90 Å². The Balaban J connectivity index is 1.67. The van der Waals surface area contributed by atoms with Crippen LogP contribution in [0.1, 0.15) is 74.7 Å². The molecular weight excluding hydrogens is 290 g/mol. The summed E-state index contributed by atoms with van der Waals surface area (Å²) in [5, 5.41) is 20.2. The fourth-order valence-corrected chi connectivity index (χ4v) is 3.85. The Hall–Kier alpha value is -1.36. The van der Waals surface area contributed by atoms with Crippen LogP contribution in [0.3, 0.4) is 0 Å². The Morgan fingerprint density at radius 1 is 1.39 bits per heavy atom. The molecule has 0 aromatic carbocycles. The smallest absolute Gasteiger partial charge is 0.220 e. The standard InChI is InChI=1S/C18H31N3O2/c1-12(18-13(2)20-21-14(18)3)11-17(23)19-10-6-8-15-7-4-5-9-16(15)22/h12,15-16,22H,4-11H2,1-3H3,(H,19,23)(H,20,21). The van der Waals surface area contributed by atoms with Gasteiger partial charge in [0.25, 0.3) is 0 Å². The van der Waals surface area contributed by atoms with Gasteiger partial charge in [-0.2, -0.15) is 5.10 Å². The molecule has 2 rings (SSSR count). The molecule has 3 unspecified atom stereocenters. The third-order valence-corrected chi connectivity index (χ3v) is 5.11. The molecule has 1 heterocycles. The highest BCUT2D eigenvalue weighted by molar-refractivity contribution is 5.76. The second-order valence-corrected chi connectivity index (χ2v) is 7.06. The van der Waals surface area contributed by atoms with Gasteiger partial charge in [-0.15, -0.1) is 0 Å². The second kappa shape index (κ2) is 8.48. The average Bonchev–Trinajstić information content (AvgIpc) is 2.84. The van der Waals surface area contributed by atoms with Gasteiger partial charge in [-0.25, -0.2) is 0 Å². The number of carbonyl (C=O) groups is 1. The third-order valence-electron chi connectivity index (χ3n) is 5.11. The Labute approximate surface area is 139 Å². The van der Waals surface area contributed by atoms with Crippen molar-refractivity contribution in [2.75, 3.05) is 6.54 Å². The number of hydrogen-bond donors (Lipinski definition) is 3. The number of rotatable bonds is 7. The van der Waals surface area contributed by atoms with Crippen LogP contribution in [0, 0.1) is 19.8 Å². The Kier molecular flexibility index (Phi) is 6.63. The number of aliphatic hydroxyl groups excluding tert-OH is 1. The number of aromatic nitrogens is 2. The van der Waals surface area contributed by atoms with Crippen LogP contribution in [0.5, 0.6) is 0 Å². The van der Waals surface area contributed by atoms with Crippen molar-refractivity contribution in [2.45, 2.75) is 77.7 Å². The number of aromatic amines is 1. The molecule has 5 nitrogen and oxygen atoms in total. The fraction of sp³-hybridized carbons (Fsp3) is 0.778. The molecule has 0 bridgehead atoms. The molecule has 3 atom stereocenters. The van der Waals surface area contributed by atoms with Crippen LogP contribution in [0.2, 0.25) is 0 Å². The molecule has 1 amide bonds. The summed E-state index contributed by atoms with van der Waals surface area (Å²) in [5.41, 5.74) is 3.19. The van der Waals surface area contributed by atoms with Crippen molar-refractivity contribution in [3.8, 4) is 0 Å². The molecule has 1 fully saturated rings. The molecule has 0 aliphatic heterocycles. The minimum Gasteiger partial charge on any atom is -0.393 e. The molecule has 1 aliphatic carbocycles. The van der Waals surface area contributed by atoms with Crippen LogP contribution >= 0.6 is 0 Å². The predicted molar refractivity (Wildman–Crippen MR) is 91.3 cm³/mol. The molecule has 1 aromatic heterocycles. The lowest BCUT2D eigenvalue weighted by atomic mass is 9.83. The highest BCUT2D eigenvalue weighted by Gasteiger charge is 2.22. The summed E-state index contributed by atoms with van der Waals surface area (Å²) in [6.07, 6.45) is 6.78. The number of amides is 1. The van der Waals surface area contributed by atoms with Crippen LogP contribution in [0.15, 0.2) is 0 Å². The summed E-state index contributed by atoms with van der Waals surface area (Å²) in [6.45, 7) is 6.75.